The topological polar surface area (TPSA) is 42.2 Å². The summed E-state index contributed by atoms with van der Waals surface area (Å²) >= 11 is 0. The fourth-order valence-electron chi connectivity index (χ4n) is 2.89. The summed E-state index contributed by atoms with van der Waals surface area (Å²) in [6.07, 6.45) is 0.864. The third-order valence-electron chi connectivity index (χ3n) is 4.60. The second-order valence-electron chi connectivity index (χ2n) is 6.38. The van der Waals surface area contributed by atoms with Crippen LogP contribution in [-0.4, -0.2) is 5.91 Å². The van der Waals surface area contributed by atoms with Gasteiger partial charge < -0.3 is 9.73 Å². The van der Waals surface area contributed by atoms with Gasteiger partial charge in [0.25, 0.3) is 5.91 Å². The molecule has 0 unspecified atom stereocenters. The molecule has 0 aliphatic rings. The standard InChI is InChI=1S/C22H23NO2/c1-5-17-8-6-7-15(3)21(17)23-22(24)20-12-11-19(25-20)18-10-9-14(2)16(4)13-18/h6-13H,5H2,1-4H3,(H,23,24). The highest BCUT2D eigenvalue weighted by Crippen LogP contribution is 2.26. The summed E-state index contributed by atoms with van der Waals surface area (Å²) < 4.78 is 5.80. The fraction of sp³-hybridized carbons (Fsp3) is 0.227. The number of carbonyl (C=O) groups excluding carboxylic acids is 1. The lowest BCUT2D eigenvalue weighted by atomic mass is 10.1. The Morgan fingerprint density at radius 1 is 0.960 bits per heavy atom. The lowest BCUT2D eigenvalue weighted by Crippen LogP contribution is -2.13. The lowest BCUT2D eigenvalue weighted by molar-refractivity contribution is 0.0997. The molecule has 1 N–H and O–H groups in total. The highest BCUT2D eigenvalue weighted by molar-refractivity contribution is 6.03. The van der Waals surface area contributed by atoms with Crippen LogP contribution in [-0.2, 0) is 6.42 Å². The van der Waals surface area contributed by atoms with Gasteiger partial charge in [-0.1, -0.05) is 37.3 Å². The Balaban J connectivity index is 1.85. The highest BCUT2D eigenvalue weighted by Gasteiger charge is 2.15. The molecule has 1 aromatic heterocycles. The first-order valence-electron chi connectivity index (χ1n) is 8.57. The number of benzene rings is 2. The fourth-order valence-corrected chi connectivity index (χ4v) is 2.89. The van der Waals surface area contributed by atoms with Crippen LogP contribution < -0.4 is 5.32 Å². The van der Waals surface area contributed by atoms with Gasteiger partial charge in [0.05, 0.1) is 0 Å². The van der Waals surface area contributed by atoms with Crippen molar-refractivity contribution in [3.05, 3.63) is 76.5 Å². The first kappa shape index (κ1) is 17.0. The summed E-state index contributed by atoms with van der Waals surface area (Å²) in [7, 11) is 0. The number of rotatable bonds is 4. The maximum Gasteiger partial charge on any atom is 0.291 e. The van der Waals surface area contributed by atoms with E-state index in [4.69, 9.17) is 4.42 Å². The summed E-state index contributed by atoms with van der Waals surface area (Å²) in [6, 6.07) is 15.8. The lowest BCUT2D eigenvalue weighted by Gasteiger charge is -2.12. The molecule has 0 atom stereocenters. The smallest absolute Gasteiger partial charge is 0.291 e. The van der Waals surface area contributed by atoms with Crippen LogP contribution in [0.2, 0.25) is 0 Å². The molecule has 128 valence electrons. The molecule has 3 rings (SSSR count). The van der Waals surface area contributed by atoms with Crippen molar-refractivity contribution in [1.29, 1.82) is 0 Å². The third-order valence-corrected chi connectivity index (χ3v) is 4.60. The Labute approximate surface area is 148 Å². The number of amides is 1. The molecule has 0 saturated carbocycles. The van der Waals surface area contributed by atoms with E-state index in [9.17, 15) is 4.79 Å². The van der Waals surface area contributed by atoms with Gasteiger partial charge in [0.1, 0.15) is 5.76 Å². The van der Waals surface area contributed by atoms with E-state index < -0.39 is 0 Å². The summed E-state index contributed by atoms with van der Waals surface area (Å²) in [4.78, 5) is 12.6. The molecule has 1 amide bonds. The molecule has 0 bridgehead atoms. The van der Waals surface area contributed by atoms with Gasteiger partial charge in [-0.2, -0.15) is 0 Å². The second kappa shape index (κ2) is 6.98. The minimum absolute atomic E-state index is 0.223. The van der Waals surface area contributed by atoms with E-state index >= 15 is 0 Å². The summed E-state index contributed by atoms with van der Waals surface area (Å²) in [5, 5.41) is 3.00. The number of nitrogens with one attached hydrogen (secondary N) is 1. The molecule has 0 aliphatic carbocycles. The van der Waals surface area contributed by atoms with E-state index in [-0.39, 0.29) is 5.91 Å². The highest BCUT2D eigenvalue weighted by atomic mass is 16.3. The molecule has 0 radical (unpaired) electrons. The van der Waals surface area contributed by atoms with Gasteiger partial charge in [0.2, 0.25) is 0 Å². The van der Waals surface area contributed by atoms with Crippen LogP contribution in [0.1, 0.15) is 39.7 Å². The Bertz CT molecular complexity index is 922. The monoisotopic (exact) mass is 333 g/mol. The quantitative estimate of drug-likeness (QED) is 0.667. The largest absolute Gasteiger partial charge is 0.451 e. The van der Waals surface area contributed by atoms with Crippen molar-refractivity contribution in [2.45, 2.75) is 34.1 Å². The van der Waals surface area contributed by atoms with Crippen LogP contribution >= 0.6 is 0 Å². The van der Waals surface area contributed by atoms with Crippen LogP contribution in [0.5, 0.6) is 0 Å². The van der Waals surface area contributed by atoms with Gasteiger partial charge in [0.15, 0.2) is 5.76 Å². The number of hydrogen-bond donors (Lipinski definition) is 1. The number of aryl methyl sites for hydroxylation is 4. The van der Waals surface area contributed by atoms with Gasteiger partial charge >= 0.3 is 0 Å². The average molecular weight is 333 g/mol. The molecular weight excluding hydrogens is 310 g/mol. The normalized spacial score (nSPS) is 10.7. The molecule has 1 heterocycles. The first-order chi connectivity index (χ1) is 12.0. The Morgan fingerprint density at radius 2 is 1.76 bits per heavy atom. The van der Waals surface area contributed by atoms with Crippen LogP contribution in [0.4, 0.5) is 5.69 Å². The van der Waals surface area contributed by atoms with Crippen molar-refractivity contribution in [3.63, 3.8) is 0 Å². The molecule has 0 spiro atoms. The zero-order valence-corrected chi connectivity index (χ0v) is 15.1. The molecule has 3 heteroatoms. The summed E-state index contributed by atoms with van der Waals surface area (Å²) in [5.74, 6) is 0.798. The van der Waals surface area contributed by atoms with Gasteiger partial charge in [-0.25, -0.2) is 0 Å². The number of furan rings is 1. The Morgan fingerprint density at radius 3 is 2.48 bits per heavy atom. The molecule has 25 heavy (non-hydrogen) atoms. The number of anilines is 1. The Kier molecular flexibility index (Phi) is 4.75. The molecule has 0 saturated heterocycles. The van der Waals surface area contributed by atoms with Crippen molar-refractivity contribution in [1.82, 2.24) is 0 Å². The predicted molar refractivity (Wildman–Crippen MR) is 102 cm³/mol. The second-order valence-corrected chi connectivity index (χ2v) is 6.38. The van der Waals surface area contributed by atoms with Crippen LogP contribution in [0.25, 0.3) is 11.3 Å². The molecule has 3 aromatic rings. The average Bonchev–Trinajstić information content (AvgIpc) is 3.09. The van der Waals surface area contributed by atoms with E-state index in [1.54, 1.807) is 6.07 Å². The SMILES string of the molecule is CCc1cccc(C)c1NC(=O)c1ccc(-c2ccc(C)c(C)c2)o1. The summed E-state index contributed by atoms with van der Waals surface area (Å²) in [6.45, 7) is 8.22. The molecular formula is C22H23NO2. The molecule has 3 nitrogen and oxygen atoms in total. The Hall–Kier alpha value is -2.81. The maximum atomic E-state index is 12.6. The molecule has 0 aliphatic heterocycles. The molecule has 0 fully saturated rings. The van der Waals surface area contributed by atoms with Gasteiger partial charge in [-0.3, -0.25) is 4.79 Å². The van der Waals surface area contributed by atoms with Crippen LogP contribution in [0.15, 0.2) is 52.9 Å². The van der Waals surface area contributed by atoms with Crippen LogP contribution in [0, 0.1) is 20.8 Å². The summed E-state index contributed by atoms with van der Waals surface area (Å²) in [5.41, 5.74) is 6.46. The van der Waals surface area contributed by atoms with Gasteiger partial charge in [-0.15, -0.1) is 0 Å². The molecule has 2 aromatic carbocycles. The van der Waals surface area contributed by atoms with Crippen molar-refractivity contribution in [2.24, 2.45) is 0 Å². The van der Waals surface area contributed by atoms with Crippen molar-refractivity contribution < 1.29 is 9.21 Å². The maximum absolute atomic E-state index is 12.6. The zero-order valence-electron chi connectivity index (χ0n) is 15.1. The third kappa shape index (κ3) is 3.50. The minimum atomic E-state index is -0.223. The first-order valence-corrected chi connectivity index (χ1v) is 8.57. The van der Waals surface area contributed by atoms with Crippen molar-refractivity contribution >= 4 is 11.6 Å². The number of carbonyl (C=O) groups is 1. The van der Waals surface area contributed by atoms with E-state index in [0.717, 1.165) is 28.8 Å². The van der Waals surface area contributed by atoms with Crippen LogP contribution in [0.3, 0.4) is 0 Å². The van der Waals surface area contributed by atoms with E-state index in [1.807, 2.05) is 37.3 Å². The zero-order chi connectivity index (χ0) is 18.0. The predicted octanol–water partition coefficient (Wildman–Crippen LogP) is 5.69. The van der Waals surface area contributed by atoms with Gasteiger partial charge in [0, 0.05) is 11.3 Å². The van der Waals surface area contributed by atoms with E-state index in [2.05, 4.69) is 38.2 Å². The van der Waals surface area contributed by atoms with Crippen molar-refractivity contribution in [3.8, 4) is 11.3 Å². The minimum Gasteiger partial charge on any atom is -0.451 e. The van der Waals surface area contributed by atoms with E-state index in [1.165, 1.54) is 11.1 Å². The van der Waals surface area contributed by atoms with E-state index in [0.29, 0.717) is 11.5 Å². The number of hydrogen-bond acceptors (Lipinski definition) is 2. The van der Waals surface area contributed by atoms with Crippen molar-refractivity contribution in [2.75, 3.05) is 5.32 Å². The van der Waals surface area contributed by atoms with Gasteiger partial charge in [-0.05, 0) is 67.6 Å². The number of para-hydroxylation sites is 1.